The number of benzene rings is 2. The van der Waals surface area contributed by atoms with Gasteiger partial charge in [-0.1, -0.05) is 28.1 Å². The molecule has 21 heavy (non-hydrogen) atoms. The van der Waals surface area contributed by atoms with Crippen LogP contribution in [0.1, 0.15) is 10.4 Å². The van der Waals surface area contributed by atoms with E-state index < -0.39 is 0 Å². The predicted octanol–water partition coefficient (Wildman–Crippen LogP) is 2.52. The third kappa shape index (κ3) is 2.78. The van der Waals surface area contributed by atoms with E-state index in [0.717, 1.165) is 15.2 Å². The van der Waals surface area contributed by atoms with Crippen molar-refractivity contribution in [3.05, 3.63) is 46.4 Å². The van der Waals surface area contributed by atoms with Gasteiger partial charge in [0.2, 0.25) is 5.91 Å². The molecule has 0 radical (unpaired) electrons. The molecule has 1 aliphatic heterocycles. The van der Waals surface area contributed by atoms with Crippen molar-refractivity contribution in [2.45, 2.75) is 0 Å². The zero-order chi connectivity index (χ0) is 15.0. The van der Waals surface area contributed by atoms with Gasteiger partial charge in [-0.2, -0.15) is 0 Å². The first-order valence-electron chi connectivity index (χ1n) is 6.77. The van der Waals surface area contributed by atoms with Gasteiger partial charge < -0.3 is 9.80 Å². The van der Waals surface area contributed by atoms with Crippen molar-refractivity contribution in [1.29, 1.82) is 0 Å². The van der Waals surface area contributed by atoms with Crippen LogP contribution in [0.4, 0.5) is 0 Å². The van der Waals surface area contributed by atoms with Gasteiger partial charge in [-0.15, -0.1) is 0 Å². The monoisotopic (exact) mass is 346 g/mol. The third-order valence-corrected chi connectivity index (χ3v) is 4.29. The van der Waals surface area contributed by atoms with Crippen LogP contribution < -0.4 is 0 Å². The van der Waals surface area contributed by atoms with Gasteiger partial charge in [-0.05, 0) is 35.0 Å². The lowest BCUT2D eigenvalue weighted by atomic mass is 10.1. The molecular weight excluding hydrogens is 332 g/mol. The van der Waals surface area contributed by atoms with Gasteiger partial charge in [-0.25, -0.2) is 0 Å². The van der Waals surface area contributed by atoms with Crippen molar-refractivity contribution in [3.63, 3.8) is 0 Å². The Balaban J connectivity index is 1.88. The molecule has 0 N–H and O–H groups in total. The quantitative estimate of drug-likeness (QED) is 0.795. The molecule has 2 amide bonds. The van der Waals surface area contributed by atoms with Crippen molar-refractivity contribution < 1.29 is 9.59 Å². The van der Waals surface area contributed by atoms with Crippen molar-refractivity contribution in [3.8, 4) is 0 Å². The number of hydrogen-bond donors (Lipinski definition) is 0. The average molecular weight is 347 g/mol. The van der Waals surface area contributed by atoms with E-state index in [1.165, 1.54) is 0 Å². The molecule has 1 fully saturated rings. The minimum Gasteiger partial charge on any atom is -0.342 e. The maximum Gasteiger partial charge on any atom is 0.254 e. The fourth-order valence-corrected chi connectivity index (χ4v) is 2.84. The summed E-state index contributed by atoms with van der Waals surface area (Å²) in [6.45, 7) is 1.33. The number of likely N-dealkylation sites (N-methyl/N-ethyl adjacent to an activating group) is 1. The summed E-state index contributed by atoms with van der Waals surface area (Å²) in [5, 5.41) is 2.10. The van der Waals surface area contributed by atoms with E-state index in [9.17, 15) is 9.59 Å². The Bertz CT molecular complexity index is 729. The molecule has 0 aromatic heterocycles. The smallest absolute Gasteiger partial charge is 0.254 e. The second kappa shape index (κ2) is 5.48. The molecule has 0 bridgehead atoms. The van der Waals surface area contributed by atoms with Gasteiger partial charge in [0.25, 0.3) is 5.91 Å². The SMILES string of the molecule is CN1CCN(C(=O)c2ccc3cc(Br)ccc3c2)CC1=O. The number of hydrogen-bond acceptors (Lipinski definition) is 2. The number of rotatable bonds is 1. The summed E-state index contributed by atoms with van der Waals surface area (Å²) in [5.41, 5.74) is 0.627. The number of fused-ring (bicyclic) bond motifs is 1. The van der Waals surface area contributed by atoms with Crippen LogP contribution >= 0.6 is 15.9 Å². The standard InChI is InChI=1S/C16H15BrN2O2/c1-18-6-7-19(10-15(18)20)16(21)13-3-2-12-9-14(17)5-4-11(12)8-13/h2-5,8-9H,6-7,10H2,1H3. The molecule has 0 saturated carbocycles. The lowest BCUT2D eigenvalue weighted by molar-refractivity contribution is -0.133. The van der Waals surface area contributed by atoms with Crippen LogP contribution in [0, 0.1) is 0 Å². The third-order valence-electron chi connectivity index (χ3n) is 3.79. The number of halogens is 1. The molecule has 108 valence electrons. The van der Waals surface area contributed by atoms with Crippen molar-refractivity contribution >= 4 is 38.5 Å². The van der Waals surface area contributed by atoms with Crippen LogP contribution in [0.5, 0.6) is 0 Å². The highest BCUT2D eigenvalue weighted by atomic mass is 79.9. The molecule has 2 aromatic rings. The van der Waals surface area contributed by atoms with E-state index in [-0.39, 0.29) is 18.4 Å². The van der Waals surface area contributed by atoms with E-state index in [1.807, 2.05) is 36.4 Å². The largest absolute Gasteiger partial charge is 0.342 e. The van der Waals surface area contributed by atoms with Gasteiger partial charge in [0.15, 0.2) is 0 Å². The Morgan fingerprint density at radius 3 is 2.57 bits per heavy atom. The van der Waals surface area contributed by atoms with Crippen LogP contribution in [0.2, 0.25) is 0 Å². The van der Waals surface area contributed by atoms with Crippen LogP contribution in [0.15, 0.2) is 40.9 Å². The summed E-state index contributed by atoms with van der Waals surface area (Å²) in [6.07, 6.45) is 0. The van der Waals surface area contributed by atoms with Gasteiger partial charge >= 0.3 is 0 Å². The zero-order valence-electron chi connectivity index (χ0n) is 11.7. The molecule has 0 spiro atoms. The van der Waals surface area contributed by atoms with Crippen LogP contribution in [-0.2, 0) is 4.79 Å². The highest BCUT2D eigenvalue weighted by molar-refractivity contribution is 9.10. The highest BCUT2D eigenvalue weighted by Gasteiger charge is 2.25. The summed E-state index contributed by atoms with van der Waals surface area (Å²) < 4.78 is 1.01. The van der Waals surface area contributed by atoms with Crippen LogP contribution in [0.25, 0.3) is 10.8 Å². The summed E-state index contributed by atoms with van der Waals surface area (Å²) in [7, 11) is 1.76. The van der Waals surface area contributed by atoms with E-state index in [2.05, 4.69) is 15.9 Å². The molecule has 0 atom stereocenters. The van der Waals surface area contributed by atoms with E-state index in [0.29, 0.717) is 18.7 Å². The first-order chi connectivity index (χ1) is 10.0. The number of nitrogens with zero attached hydrogens (tertiary/aromatic N) is 2. The fourth-order valence-electron chi connectivity index (χ4n) is 2.46. The number of amides is 2. The summed E-state index contributed by atoms with van der Waals surface area (Å²) >= 11 is 3.44. The average Bonchev–Trinajstić information content (AvgIpc) is 2.49. The Morgan fingerprint density at radius 1 is 1.10 bits per heavy atom. The van der Waals surface area contributed by atoms with E-state index in [1.54, 1.807) is 16.8 Å². The molecule has 1 heterocycles. The van der Waals surface area contributed by atoms with Crippen molar-refractivity contribution in [2.75, 3.05) is 26.7 Å². The first kappa shape index (κ1) is 14.1. The maximum atomic E-state index is 12.5. The summed E-state index contributed by atoms with van der Waals surface area (Å²) in [5.74, 6) is -0.0967. The molecule has 0 unspecified atom stereocenters. The van der Waals surface area contributed by atoms with Gasteiger partial charge in [0.1, 0.15) is 6.54 Å². The summed E-state index contributed by atoms with van der Waals surface area (Å²) in [6, 6.07) is 11.6. The number of carbonyl (C=O) groups excluding carboxylic acids is 2. The lowest BCUT2D eigenvalue weighted by Gasteiger charge is -2.32. The Hall–Kier alpha value is -1.88. The fraction of sp³-hybridized carbons (Fsp3) is 0.250. The normalized spacial score (nSPS) is 15.6. The first-order valence-corrected chi connectivity index (χ1v) is 7.56. The predicted molar refractivity (Wildman–Crippen MR) is 85.2 cm³/mol. The molecule has 1 saturated heterocycles. The second-order valence-corrected chi connectivity index (χ2v) is 6.16. The van der Waals surface area contributed by atoms with Gasteiger partial charge in [0.05, 0.1) is 0 Å². The van der Waals surface area contributed by atoms with Crippen molar-refractivity contribution in [1.82, 2.24) is 9.80 Å². The molecule has 1 aliphatic rings. The molecule has 3 rings (SSSR count). The second-order valence-electron chi connectivity index (χ2n) is 5.25. The van der Waals surface area contributed by atoms with E-state index >= 15 is 0 Å². The van der Waals surface area contributed by atoms with Gasteiger partial charge in [-0.3, -0.25) is 9.59 Å². The lowest BCUT2D eigenvalue weighted by Crippen LogP contribution is -2.50. The molecule has 5 heteroatoms. The highest BCUT2D eigenvalue weighted by Crippen LogP contribution is 2.22. The molecular formula is C16H15BrN2O2. The Kier molecular flexibility index (Phi) is 3.68. The zero-order valence-corrected chi connectivity index (χ0v) is 13.3. The Morgan fingerprint density at radius 2 is 1.81 bits per heavy atom. The molecule has 2 aromatic carbocycles. The topological polar surface area (TPSA) is 40.6 Å². The maximum absolute atomic E-state index is 12.5. The van der Waals surface area contributed by atoms with E-state index in [4.69, 9.17) is 0 Å². The minimum atomic E-state index is -0.0822. The molecule has 0 aliphatic carbocycles. The van der Waals surface area contributed by atoms with Gasteiger partial charge in [0, 0.05) is 30.2 Å². The minimum absolute atomic E-state index is 0.0145. The Labute approximate surface area is 131 Å². The van der Waals surface area contributed by atoms with Crippen molar-refractivity contribution in [2.24, 2.45) is 0 Å². The van der Waals surface area contributed by atoms with Crippen LogP contribution in [0.3, 0.4) is 0 Å². The van der Waals surface area contributed by atoms with Crippen LogP contribution in [-0.4, -0.2) is 48.3 Å². The summed E-state index contributed by atoms with van der Waals surface area (Å²) in [4.78, 5) is 27.5. The number of piperazine rings is 1. The number of carbonyl (C=O) groups is 2. The molecule has 4 nitrogen and oxygen atoms in total.